The second-order valence-corrected chi connectivity index (χ2v) is 4.78. The number of alkyl halides is 2. The maximum absolute atomic E-state index is 13.5. The van der Waals surface area contributed by atoms with Crippen LogP contribution in [0.2, 0.25) is 0 Å². The Morgan fingerprint density at radius 2 is 2.10 bits per heavy atom. The number of carbonyl (C=O) groups excluding carboxylic acids is 1. The first-order chi connectivity index (χ1) is 9.45. The minimum atomic E-state index is -3.09. The van der Waals surface area contributed by atoms with E-state index in [9.17, 15) is 18.0 Å². The Bertz CT molecular complexity index is 502. The topological polar surface area (TPSA) is 64.4 Å². The average Bonchev–Trinajstić information content (AvgIpc) is 2.79. The van der Waals surface area contributed by atoms with Gasteiger partial charge in [0.1, 0.15) is 0 Å². The van der Waals surface area contributed by atoms with Gasteiger partial charge in [0.25, 0.3) is 0 Å². The normalized spacial score (nSPS) is 21.0. The predicted molar refractivity (Wildman–Crippen MR) is 74.2 cm³/mol. The first kappa shape index (κ1) is 17.6. The summed E-state index contributed by atoms with van der Waals surface area (Å²) in [5.74, 6) is -1.93. The lowest BCUT2D eigenvalue weighted by molar-refractivity contribution is -0.119. The number of carbonyl (C=O) groups is 1. The third kappa shape index (κ3) is 4.78. The predicted octanol–water partition coefficient (Wildman–Crippen LogP) is 2.91. The number of amides is 1. The van der Waals surface area contributed by atoms with E-state index in [0.29, 0.717) is 12.8 Å². The van der Waals surface area contributed by atoms with E-state index in [-0.39, 0.29) is 36.0 Å². The van der Waals surface area contributed by atoms with Crippen LogP contribution < -0.4 is 15.8 Å². The maximum Gasteiger partial charge on any atom is 0.387 e. The molecule has 1 amide bonds. The number of nitrogens with two attached hydrogens (primary N) is 1. The molecule has 0 heterocycles. The fourth-order valence-electron chi connectivity index (χ4n) is 2.27. The monoisotopic (exact) mass is 324 g/mol. The zero-order valence-electron chi connectivity index (χ0n) is 11.0. The number of rotatable bonds is 4. The van der Waals surface area contributed by atoms with E-state index >= 15 is 0 Å². The van der Waals surface area contributed by atoms with Gasteiger partial charge in [-0.1, -0.05) is 0 Å². The molecule has 2 atom stereocenters. The van der Waals surface area contributed by atoms with Crippen molar-refractivity contribution < 1.29 is 22.7 Å². The van der Waals surface area contributed by atoms with Gasteiger partial charge < -0.3 is 15.8 Å². The first-order valence-corrected chi connectivity index (χ1v) is 6.26. The van der Waals surface area contributed by atoms with Gasteiger partial charge in [-0.3, -0.25) is 4.79 Å². The van der Waals surface area contributed by atoms with Crippen LogP contribution >= 0.6 is 12.4 Å². The van der Waals surface area contributed by atoms with E-state index in [0.717, 1.165) is 18.6 Å². The van der Waals surface area contributed by atoms with Crippen LogP contribution in [0.1, 0.15) is 19.3 Å². The van der Waals surface area contributed by atoms with Crippen molar-refractivity contribution in [1.29, 1.82) is 0 Å². The molecule has 0 aromatic heterocycles. The third-order valence-corrected chi connectivity index (χ3v) is 3.26. The van der Waals surface area contributed by atoms with Gasteiger partial charge in [-0.2, -0.15) is 8.78 Å². The Balaban J connectivity index is 0.00000220. The smallest absolute Gasteiger partial charge is 0.387 e. The average molecular weight is 325 g/mol. The highest BCUT2D eigenvalue weighted by Gasteiger charge is 2.27. The van der Waals surface area contributed by atoms with Crippen molar-refractivity contribution in [2.45, 2.75) is 31.9 Å². The quantitative estimate of drug-likeness (QED) is 0.895. The van der Waals surface area contributed by atoms with Crippen molar-refractivity contribution in [3.63, 3.8) is 0 Å². The fourth-order valence-corrected chi connectivity index (χ4v) is 2.27. The number of benzene rings is 1. The van der Waals surface area contributed by atoms with Gasteiger partial charge in [0.15, 0.2) is 11.6 Å². The van der Waals surface area contributed by atoms with Crippen molar-refractivity contribution in [2.24, 2.45) is 11.7 Å². The van der Waals surface area contributed by atoms with Crippen LogP contribution in [-0.2, 0) is 4.79 Å². The standard InChI is InChI=1S/C13H15F3N2O2.ClH/c14-10-6-9(3-4-11(10)20-13(15)16)18-12(19)7-1-2-8(17)5-7;/h3-4,6-8,13H,1-2,5,17H2,(H,18,19);1H. The SMILES string of the molecule is Cl.NC1CCC(C(=O)Nc2ccc(OC(F)F)c(F)c2)C1. The summed E-state index contributed by atoms with van der Waals surface area (Å²) in [4.78, 5) is 11.9. The highest BCUT2D eigenvalue weighted by Crippen LogP contribution is 2.27. The molecule has 0 bridgehead atoms. The zero-order valence-corrected chi connectivity index (χ0v) is 11.8. The second-order valence-electron chi connectivity index (χ2n) is 4.78. The molecule has 8 heteroatoms. The molecule has 1 aromatic carbocycles. The zero-order chi connectivity index (χ0) is 14.7. The Kier molecular flexibility index (Phi) is 6.29. The van der Waals surface area contributed by atoms with E-state index in [2.05, 4.69) is 10.1 Å². The molecule has 1 fully saturated rings. The van der Waals surface area contributed by atoms with Crippen molar-refractivity contribution in [1.82, 2.24) is 0 Å². The van der Waals surface area contributed by atoms with Crippen molar-refractivity contribution in [2.75, 3.05) is 5.32 Å². The van der Waals surface area contributed by atoms with Crippen molar-refractivity contribution in [3.05, 3.63) is 24.0 Å². The van der Waals surface area contributed by atoms with E-state index in [4.69, 9.17) is 5.73 Å². The number of nitrogens with one attached hydrogen (secondary N) is 1. The second kappa shape index (κ2) is 7.51. The van der Waals surface area contributed by atoms with Crippen molar-refractivity contribution >= 4 is 24.0 Å². The molecule has 118 valence electrons. The molecule has 1 aromatic rings. The Morgan fingerprint density at radius 3 is 2.62 bits per heavy atom. The Labute approximate surface area is 126 Å². The summed E-state index contributed by atoms with van der Waals surface area (Å²) in [7, 11) is 0. The van der Waals surface area contributed by atoms with E-state index < -0.39 is 18.2 Å². The van der Waals surface area contributed by atoms with Gasteiger partial charge in [0.2, 0.25) is 5.91 Å². The summed E-state index contributed by atoms with van der Waals surface area (Å²) < 4.78 is 41.4. The van der Waals surface area contributed by atoms with Crippen LogP contribution in [-0.4, -0.2) is 18.6 Å². The fraction of sp³-hybridized carbons (Fsp3) is 0.462. The Hall–Kier alpha value is -1.47. The van der Waals surface area contributed by atoms with Gasteiger partial charge >= 0.3 is 6.61 Å². The van der Waals surface area contributed by atoms with E-state index in [1.165, 1.54) is 6.07 Å². The largest absolute Gasteiger partial charge is 0.432 e. The molecule has 0 spiro atoms. The van der Waals surface area contributed by atoms with Crippen molar-refractivity contribution in [3.8, 4) is 5.75 Å². The maximum atomic E-state index is 13.5. The van der Waals surface area contributed by atoms with Gasteiger partial charge in [0, 0.05) is 23.7 Å². The van der Waals surface area contributed by atoms with Gasteiger partial charge in [0.05, 0.1) is 0 Å². The number of halogens is 4. The lowest BCUT2D eigenvalue weighted by Gasteiger charge is -2.12. The molecule has 0 saturated heterocycles. The van der Waals surface area contributed by atoms with Gasteiger partial charge in [-0.05, 0) is 31.4 Å². The lowest BCUT2D eigenvalue weighted by atomic mass is 10.1. The molecule has 0 aliphatic heterocycles. The molecular formula is C13H16ClF3N2O2. The molecule has 2 rings (SSSR count). The summed E-state index contributed by atoms with van der Waals surface area (Å²) in [5, 5.41) is 2.55. The molecule has 1 aliphatic rings. The molecule has 0 radical (unpaired) electrons. The van der Waals surface area contributed by atoms with Crippen LogP contribution in [0.25, 0.3) is 0 Å². The highest BCUT2D eigenvalue weighted by atomic mass is 35.5. The molecule has 21 heavy (non-hydrogen) atoms. The van der Waals surface area contributed by atoms with Gasteiger partial charge in [-0.15, -0.1) is 12.4 Å². The van der Waals surface area contributed by atoms with Crippen LogP contribution in [0.15, 0.2) is 18.2 Å². The summed E-state index contributed by atoms with van der Waals surface area (Å²) in [6.45, 7) is -3.09. The molecule has 2 unspecified atom stereocenters. The Morgan fingerprint density at radius 1 is 1.38 bits per heavy atom. The third-order valence-electron chi connectivity index (χ3n) is 3.26. The summed E-state index contributed by atoms with van der Waals surface area (Å²) in [5.41, 5.74) is 5.92. The molecular weight excluding hydrogens is 309 g/mol. The van der Waals surface area contributed by atoms with Crippen LogP contribution in [0.4, 0.5) is 18.9 Å². The number of anilines is 1. The molecule has 3 N–H and O–H groups in total. The van der Waals surface area contributed by atoms with E-state index in [1.54, 1.807) is 0 Å². The van der Waals surface area contributed by atoms with Gasteiger partial charge in [-0.25, -0.2) is 4.39 Å². The van der Waals surface area contributed by atoms with Crippen LogP contribution in [0, 0.1) is 11.7 Å². The van der Waals surface area contributed by atoms with Crippen LogP contribution in [0.3, 0.4) is 0 Å². The summed E-state index contributed by atoms with van der Waals surface area (Å²) in [6.07, 6.45) is 2.08. The van der Waals surface area contributed by atoms with E-state index in [1.807, 2.05) is 0 Å². The minimum absolute atomic E-state index is 0. The lowest BCUT2D eigenvalue weighted by Crippen LogP contribution is -2.23. The molecule has 1 aliphatic carbocycles. The summed E-state index contributed by atoms with van der Waals surface area (Å²) in [6, 6.07) is 3.33. The number of hydrogen-bond donors (Lipinski definition) is 2. The number of hydrogen-bond acceptors (Lipinski definition) is 3. The first-order valence-electron chi connectivity index (χ1n) is 6.26. The highest BCUT2D eigenvalue weighted by molar-refractivity contribution is 5.92. The molecule has 1 saturated carbocycles. The summed E-state index contributed by atoms with van der Waals surface area (Å²) >= 11 is 0. The minimum Gasteiger partial charge on any atom is -0.432 e. The van der Waals surface area contributed by atoms with Crippen LogP contribution in [0.5, 0.6) is 5.75 Å². The molecule has 4 nitrogen and oxygen atoms in total. The number of ether oxygens (including phenoxy) is 1.